The third-order valence-corrected chi connectivity index (χ3v) is 6.04. The molecule has 3 aromatic carbocycles. The van der Waals surface area contributed by atoms with Crippen molar-refractivity contribution in [2.24, 2.45) is 0 Å². The van der Waals surface area contributed by atoms with E-state index in [-0.39, 0.29) is 5.41 Å². The molecule has 0 saturated carbocycles. The summed E-state index contributed by atoms with van der Waals surface area (Å²) in [6.45, 7) is 7.56. The van der Waals surface area contributed by atoms with Crippen LogP contribution in [0.2, 0.25) is 0 Å². The molecule has 1 atom stereocenters. The molecule has 1 aliphatic heterocycles. The Labute approximate surface area is 205 Å². The van der Waals surface area contributed by atoms with Gasteiger partial charge in [0.2, 0.25) is 5.91 Å². The van der Waals surface area contributed by atoms with E-state index in [1.54, 1.807) is 43.3 Å². The molecule has 7 nitrogen and oxygen atoms in total. The SMILES string of the molecule is CC(C)(C)c1ccc(C2(C)NC(=O)N(CC(=O)Nc3ccccc3Oc3ccccc3)C2=O)cc1. The highest BCUT2D eigenvalue weighted by atomic mass is 16.5. The van der Waals surface area contributed by atoms with Crippen LogP contribution in [0.3, 0.4) is 0 Å². The van der Waals surface area contributed by atoms with Gasteiger partial charge in [0.05, 0.1) is 5.69 Å². The fraction of sp³-hybridized carbons (Fsp3) is 0.250. The van der Waals surface area contributed by atoms with Gasteiger partial charge in [-0.1, -0.05) is 75.4 Å². The van der Waals surface area contributed by atoms with Gasteiger partial charge < -0.3 is 15.4 Å². The number of benzene rings is 3. The van der Waals surface area contributed by atoms with E-state index in [1.165, 1.54) is 0 Å². The van der Waals surface area contributed by atoms with Crippen LogP contribution in [0, 0.1) is 0 Å². The molecule has 180 valence electrons. The first-order valence-electron chi connectivity index (χ1n) is 11.4. The fourth-order valence-corrected chi connectivity index (χ4v) is 3.95. The van der Waals surface area contributed by atoms with Gasteiger partial charge in [0.25, 0.3) is 5.91 Å². The minimum Gasteiger partial charge on any atom is -0.455 e. The number of rotatable bonds is 6. The number of ether oxygens (including phenoxy) is 1. The first-order valence-corrected chi connectivity index (χ1v) is 11.4. The van der Waals surface area contributed by atoms with E-state index < -0.39 is 29.9 Å². The van der Waals surface area contributed by atoms with Crippen molar-refractivity contribution < 1.29 is 19.1 Å². The number of hydrogen-bond acceptors (Lipinski definition) is 4. The molecule has 2 N–H and O–H groups in total. The average molecular weight is 472 g/mol. The molecule has 4 rings (SSSR count). The minimum atomic E-state index is -1.25. The molecule has 0 bridgehead atoms. The van der Waals surface area contributed by atoms with Crippen molar-refractivity contribution >= 4 is 23.5 Å². The standard InChI is InChI=1S/C28H29N3O4/c1-27(2,3)19-14-16-20(17-15-19)28(4)25(33)31(26(34)30-28)18-24(32)29-22-12-8-9-13-23(22)35-21-10-6-5-7-11-21/h5-17H,18H2,1-4H3,(H,29,32)(H,30,34). The largest absolute Gasteiger partial charge is 0.455 e. The van der Waals surface area contributed by atoms with Gasteiger partial charge in [0.1, 0.15) is 17.8 Å². The maximum Gasteiger partial charge on any atom is 0.325 e. The Kier molecular flexibility index (Phi) is 6.35. The van der Waals surface area contributed by atoms with E-state index >= 15 is 0 Å². The second kappa shape index (κ2) is 9.25. The maximum atomic E-state index is 13.3. The van der Waals surface area contributed by atoms with Crippen LogP contribution in [-0.2, 0) is 20.5 Å². The summed E-state index contributed by atoms with van der Waals surface area (Å²) >= 11 is 0. The number of anilines is 1. The van der Waals surface area contributed by atoms with Gasteiger partial charge in [-0.3, -0.25) is 14.5 Å². The number of para-hydroxylation sites is 3. The van der Waals surface area contributed by atoms with Crippen LogP contribution in [0.5, 0.6) is 11.5 Å². The summed E-state index contributed by atoms with van der Waals surface area (Å²) in [5.74, 6) is 0.0875. The lowest BCUT2D eigenvalue weighted by Gasteiger charge is -2.24. The van der Waals surface area contributed by atoms with Crippen molar-refractivity contribution in [3.63, 3.8) is 0 Å². The van der Waals surface area contributed by atoms with Crippen LogP contribution in [0.4, 0.5) is 10.5 Å². The first kappa shape index (κ1) is 24.0. The predicted octanol–water partition coefficient (Wildman–Crippen LogP) is 5.18. The zero-order valence-electron chi connectivity index (χ0n) is 20.3. The van der Waals surface area contributed by atoms with Crippen LogP contribution in [-0.4, -0.2) is 29.3 Å². The summed E-state index contributed by atoms with van der Waals surface area (Å²) in [4.78, 5) is 39.7. The Morgan fingerprint density at radius 2 is 1.57 bits per heavy atom. The number of amides is 4. The summed E-state index contributed by atoms with van der Waals surface area (Å²) in [7, 11) is 0. The van der Waals surface area contributed by atoms with Gasteiger partial charge in [-0.05, 0) is 47.7 Å². The predicted molar refractivity (Wildman–Crippen MR) is 134 cm³/mol. The van der Waals surface area contributed by atoms with E-state index in [9.17, 15) is 14.4 Å². The molecule has 0 aromatic heterocycles. The third kappa shape index (κ3) is 5.04. The van der Waals surface area contributed by atoms with Crippen molar-refractivity contribution in [3.05, 3.63) is 90.0 Å². The van der Waals surface area contributed by atoms with Gasteiger partial charge in [0, 0.05) is 0 Å². The van der Waals surface area contributed by atoms with Crippen LogP contribution in [0.25, 0.3) is 0 Å². The van der Waals surface area contributed by atoms with Gasteiger partial charge in [0.15, 0.2) is 5.75 Å². The fourth-order valence-electron chi connectivity index (χ4n) is 3.95. The molecule has 3 aromatic rings. The van der Waals surface area contributed by atoms with Crippen molar-refractivity contribution in [2.45, 2.75) is 38.6 Å². The molecule has 1 heterocycles. The zero-order valence-corrected chi connectivity index (χ0v) is 20.3. The lowest BCUT2D eigenvalue weighted by Crippen LogP contribution is -2.42. The summed E-state index contributed by atoms with van der Waals surface area (Å²) in [6, 6.07) is 23.2. The maximum absolute atomic E-state index is 13.3. The molecular formula is C28H29N3O4. The molecule has 7 heteroatoms. The molecule has 0 aliphatic carbocycles. The molecule has 1 saturated heterocycles. The highest BCUT2D eigenvalue weighted by molar-refractivity contribution is 6.10. The van der Waals surface area contributed by atoms with Crippen molar-refractivity contribution in [1.29, 1.82) is 0 Å². The smallest absolute Gasteiger partial charge is 0.325 e. The summed E-state index contributed by atoms with van der Waals surface area (Å²) in [6.07, 6.45) is 0. The highest BCUT2D eigenvalue weighted by Crippen LogP contribution is 2.32. The van der Waals surface area contributed by atoms with E-state index in [0.29, 0.717) is 22.7 Å². The van der Waals surface area contributed by atoms with Crippen molar-refractivity contribution in [1.82, 2.24) is 10.2 Å². The Morgan fingerprint density at radius 1 is 0.943 bits per heavy atom. The van der Waals surface area contributed by atoms with Crippen LogP contribution in [0.1, 0.15) is 38.8 Å². The molecule has 0 radical (unpaired) electrons. The van der Waals surface area contributed by atoms with Crippen LogP contribution < -0.4 is 15.4 Å². The van der Waals surface area contributed by atoms with E-state index in [0.717, 1.165) is 10.5 Å². The number of urea groups is 1. The topological polar surface area (TPSA) is 87.7 Å². The molecule has 1 fully saturated rings. The second-order valence-corrected chi connectivity index (χ2v) is 9.73. The zero-order chi connectivity index (χ0) is 25.2. The Balaban J connectivity index is 1.47. The van der Waals surface area contributed by atoms with Gasteiger partial charge in [-0.25, -0.2) is 4.79 Å². The highest BCUT2D eigenvalue weighted by Gasteiger charge is 2.49. The number of hydrogen-bond donors (Lipinski definition) is 2. The minimum absolute atomic E-state index is 0.0347. The monoisotopic (exact) mass is 471 g/mol. The molecule has 4 amide bonds. The quantitative estimate of drug-likeness (QED) is 0.485. The summed E-state index contributed by atoms with van der Waals surface area (Å²) in [5.41, 5.74) is 0.936. The molecular weight excluding hydrogens is 442 g/mol. The van der Waals surface area contributed by atoms with Crippen LogP contribution in [0.15, 0.2) is 78.9 Å². The van der Waals surface area contributed by atoms with Gasteiger partial charge >= 0.3 is 6.03 Å². The van der Waals surface area contributed by atoms with Gasteiger partial charge in [-0.2, -0.15) is 0 Å². The number of carbonyl (C=O) groups is 3. The van der Waals surface area contributed by atoms with Crippen molar-refractivity contribution in [3.8, 4) is 11.5 Å². The molecule has 1 aliphatic rings. The number of imide groups is 1. The first-order chi connectivity index (χ1) is 16.6. The molecule has 35 heavy (non-hydrogen) atoms. The van der Waals surface area contributed by atoms with E-state index in [1.807, 2.05) is 42.5 Å². The lowest BCUT2D eigenvalue weighted by molar-refractivity contribution is -0.133. The van der Waals surface area contributed by atoms with E-state index in [2.05, 4.69) is 31.4 Å². The van der Waals surface area contributed by atoms with Crippen molar-refractivity contribution in [2.75, 3.05) is 11.9 Å². The Bertz CT molecular complexity index is 1250. The number of nitrogens with zero attached hydrogens (tertiary/aromatic N) is 1. The molecule has 0 spiro atoms. The van der Waals surface area contributed by atoms with Gasteiger partial charge in [-0.15, -0.1) is 0 Å². The Hall–Kier alpha value is -4.13. The average Bonchev–Trinajstić information content (AvgIpc) is 3.04. The Morgan fingerprint density at radius 3 is 2.23 bits per heavy atom. The number of carbonyl (C=O) groups excluding carboxylic acids is 3. The number of nitrogens with one attached hydrogen (secondary N) is 2. The molecule has 1 unspecified atom stereocenters. The summed E-state index contributed by atoms with van der Waals surface area (Å²) in [5, 5.41) is 5.50. The van der Waals surface area contributed by atoms with Crippen LogP contribution >= 0.6 is 0 Å². The third-order valence-electron chi connectivity index (χ3n) is 6.04. The second-order valence-electron chi connectivity index (χ2n) is 9.73. The van der Waals surface area contributed by atoms with E-state index in [4.69, 9.17) is 4.74 Å². The normalized spacial score (nSPS) is 17.8. The summed E-state index contributed by atoms with van der Waals surface area (Å²) < 4.78 is 5.87. The lowest BCUT2D eigenvalue weighted by atomic mass is 9.84.